The normalized spacial score (nSPS) is 9.70. The van der Waals surface area contributed by atoms with Crippen LogP contribution in [-0.2, 0) is 11.3 Å². The summed E-state index contributed by atoms with van der Waals surface area (Å²) >= 11 is 0. The van der Waals surface area contributed by atoms with Gasteiger partial charge in [-0.25, -0.2) is 4.68 Å². The van der Waals surface area contributed by atoms with Crippen LogP contribution in [0.25, 0.3) is 0 Å². The molecule has 0 bridgehead atoms. The van der Waals surface area contributed by atoms with E-state index in [1.165, 1.54) is 10.9 Å². The number of carbonyl (C=O) groups excluding carboxylic acids is 1. The summed E-state index contributed by atoms with van der Waals surface area (Å²) in [7, 11) is 0. The lowest BCUT2D eigenvalue weighted by Gasteiger charge is -2.07. The van der Waals surface area contributed by atoms with Crippen molar-refractivity contribution < 1.29 is 9.90 Å². The molecule has 0 fully saturated rings. The Morgan fingerprint density at radius 3 is 3.00 bits per heavy atom. The van der Waals surface area contributed by atoms with Gasteiger partial charge < -0.3 is 10.4 Å². The first-order valence-electron chi connectivity index (χ1n) is 6.03. The summed E-state index contributed by atoms with van der Waals surface area (Å²) in [6, 6.07) is 5.41. The molecule has 0 aliphatic heterocycles. The maximum Gasteiger partial charge on any atom is 0.246 e. The molecule has 0 saturated heterocycles. The van der Waals surface area contributed by atoms with Gasteiger partial charge in [-0.1, -0.05) is 17.1 Å². The Hall–Kier alpha value is -2.65. The van der Waals surface area contributed by atoms with Crippen LogP contribution in [-0.4, -0.2) is 32.6 Å². The van der Waals surface area contributed by atoms with Gasteiger partial charge in [0, 0.05) is 17.4 Å². The number of hydrogen-bond donors (Lipinski definition) is 2. The number of nitrogens with zero attached hydrogens (tertiary/aromatic N) is 3. The highest BCUT2D eigenvalue weighted by Gasteiger charge is 2.05. The summed E-state index contributed by atoms with van der Waals surface area (Å²) in [5.41, 5.74) is 2.46. The van der Waals surface area contributed by atoms with Crippen LogP contribution < -0.4 is 5.32 Å². The third kappa shape index (κ3) is 3.67. The number of aliphatic hydroxyl groups excluding tert-OH is 1. The molecule has 20 heavy (non-hydrogen) atoms. The van der Waals surface area contributed by atoms with Gasteiger partial charge in [0.25, 0.3) is 0 Å². The van der Waals surface area contributed by atoms with Crippen molar-refractivity contribution in [3.05, 3.63) is 41.7 Å². The Morgan fingerprint density at radius 1 is 1.50 bits per heavy atom. The summed E-state index contributed by atoms with van der Waals surface area (Å²) in [6.45, 7) is 1.84. The SMILES string of the molecule is Cc1cc(NC(=O)Cn2ccnn2)ccc1C#CCO. The molecule has 0 aliphatic rings. The van der Waals surface area contributed by atoms with E-state index in [4.69, 9.17) is 5.11 Å². The van der Waals surface area contributed by atoms with E-state index in [0.717, 1.165) is 11.1 Å². The molecule has 1 heterocycles. The lowest BCUT2D eigenvalue weighted by atomic mass is 10.1. The van der Waals surface area contributed by atoms with Gasteiger partial charge in [0.2, 0.25) is 5.91 Å². The fraction of sp³-hybridized carbons (Fsp3) is 0.214. The Labute approximate surface area is 116 Å². The number of amides is 1. The zero-order chi connectivity index (χ0) is 14.4. The van der Waals surface area contributed by atoms with Gasteiger partial charge in [-0.2, -0.15) is 0 Å². The summed E-state index contributed by atoms with van der Waals surface area (Å²) in [4.78, 5) is 11.8. The molecule has 6 heteroatoms. The van der Waals surface area contributed by atoms with Crippen LogP contribution in [0.15, 0.2) is 30.6 Å². The molecule has 102 valence electrons. The third-order valence-corrected chi connectivity index (χ3v) is 2.59. The Balaban J connectivity index is 2.03. The number of nitrogens with one attached hydrogen (secondary N) is 1. The lowest BCUT2D eigenvalue weighted by Crippen LogP contribution is -2.19. The van der Waals surface area contributed by atoms with Crippen LogP contribution in [0.4, 0.5) is 5.69 Å². The predicted octanol–water partition coefficient (Wildman–Crippen LogP) is 0.569. The average Bonchev–Trinajstić information content (AvgIpc) is 2.90. The van der Waals surface area contributed by atoms with Crippen molar-refractivity contribution in [2.45, 2.75) is 13.5 Å². The molecule has 0 atom stereocenters. The van der Waals surface area contributed by atoms with Gasteiger partial charge in [0.15, 0.2) is 0 Å². The van der Waals surface area contributed by atoms with E-state index in [1.54, 1.807) is 12.3 Å². The van der Waals surface area contributed by atoms with Gasteiger partial charge in [-0.3, -0.25) is 4.79 Å². The fourth-order valence-electron chi connectivity index (χ4n) is 1.68. The molecule has 1 aromatic carbocycles. The van der Waals surface area contributed by atoms with E-state index in [9.17, 15) is 4.79 Å². The molecule has 1 aromatic heterocycles. The van der Waals surface area contributed by atoms with Crippen LogP contribution >= 0.6 is 0 Å². The molecule has 0 unspecified atom stereocenters. The highest BCUT2D eigenvalue weighted by atomic mass is 16.2. The number of aryl methyl sites for hydroxylation is 1. The monoisotopic (exact) mass is 270 g/mol. The number of hydrogen-bond acceptors (Lipinski definition) is 4. The first kappa shape index (κ1) is 13.8. The maximum absolute atomic E-state index is 11.8. The second-order valence-corrected chi connectivity index (χ2v) is 4.14. The van der Waals surface area contributed by atoms with Gasteiger partial charge in [0.1, 0.15) is 13.2 Å². The van der Waals surface area contributed by atoms with Crippen molar-refractivity contribution in [2.75, 3.05) is 11.9 Å². The van der Waals surface area contributed by atoms with Crippen molar-refractivity contribution in [3.63, 3.8) is 0 Å². The van der Waals surface area contributed by atoms with Crippen molar-refractivity contribution in [3.8, 4) is 11.8 Å². The van der Waals surface area contributed by atoms with Crippen LogP contribution in [0.3, 0.4) is 0 Å². The van der Waals surface area contributed by atoms with Crippen molar-refractivity contribution in [2.24, 2.45) is 0 Å². The van der Waals surface area contributed by atoms with E-state index < -0.39 is 0 Å². The number of anilines is 1. The molecular formula is C14H14N4O2. The van der Waals surface area contributed by atoms with Crippen molar-refractivity contribution in [1.29, 1.82) is 0 Å². The minimum absolute atomic E-state index is 0.116. The standard InChI is InChI=1S/C14H14N4O2/c1-11-9-13(5-4-12(11)3-2-8-19)16-14(20)10-18-7-6-15-17-18/h4-7,9,19H,8,10H2,1H3,(H,16,20). The molecule has 0 saturated carbocycles. The number of benzene rings is 1. The number of aromatic nitrogens is 3. The number of rotatable bonds is 3. The van der Waals surface area contributed by atoms with Gasteiger partial charge in [-0.15, -0.1) is 5.10 Å². The minimum atomic E-state index is -0.177. The van der Waals surface area contributed by atoms with Crippen LogP contribution in [0.1, 0.15) is 11.1 Å². The zero-order valence-corrected chi connectivity index (χ0v) is 11.0. The molecule has 2 rings (SSSR count). The van der Waals surface area contributed by atoms with E-state index in [-0.39, 0.29) is 19.1 Å². The molecule has 0 spiro atoms. The molecular weight excluding hydrogens is 256 g/mol. The van der Waals surface area contributed by atoms with Gasteiger partial charge in [-0.05, 0) is 30.7 Å². The highest BCUT2D eigenvalue weighted by molar-refractivity contribution is 5.90. The van der Waals surface area contributed by atoms with Crippen LogP contribution in [0.2, 0.25) is 0 Å². The minimum Gasteiger partial charge on any atom is -0.384 e. The molecule has 2 aromatic rings. The number of carbonyl (C=O) groups is 1. The largest absolute Gasteiger partial charge is 0.384 e. The third-order valence-electron chi connectivity index (χ3n) is 2.59. The molecule has 6 nitrogen and oxygen atoms in total. The summed E-state index contributed by atoms with van der Waals surface area (Å²) in [6.07, 6.45) is 3.14. The van der Waals surface area contributed by atoms with E-state index in [1.807, 2.05) is 19.1 Å². The van der Waals surface area contributed by atoms with Gasteiger partial charge in [0.05, 0.1) is 6.20 Å². The second-order valence-electron chi connectivity index (χ2n) is 4.14. The average molecular weight is 270 g/mol. The molecule has 1 amide bonds. The molecule has 2 N–H and O–H groups in total. The van der Waals surface area contributed by atoms with Crippen molar-refractivity contribution >= 4 is 11.6 Å². The quantitative estimate of drug-likeness (QED) is 0.799. The lowest BCUT2D eigenvalue weighted by molar-refractivity contribution is -0.116. The van der Waals surface area contributed by atoms with E-state index in [0.29, 0.717) is 5.69 Å². The maximum atomic E-state index is 11.8. The van der Waals surface area contributed by atoms with Crippen LogP contribution in [0.5, 0.6) is 0 Å². The second kappa shape index (κ2) is 6.50. The predicted molar refractivity (Wildman–Crippen MR) is 73.8 cm³/mol. The topological polar surface area (TPSA) is 80.0 Å². The van der Waals surface area contributed by atoms with E-state index >= 15 is 0 Å². The Morgan fingerprint density at radius 2 is 2.35 bits per heavy atom. The zero-order valence-electron chi connectivity index (χ0n) is 11.0. The van der Waals surface area contributed by atoms with E-state index in [2.05, 4.69) is 27.5 Å². The Bertz CT molecular complexity index is 654. The summed E-state index contributed by atoms with van der Waals surface area (Å²) in [5, 5.41) is 18.8. The first-order chi connectivity index (χ1) is 9.69. The molecule has 0 radical (unpaired) electrons. The first-order valence-corrected chi connectivity index (χ1v) is 6.03. The van der Waals surface area contributed by atoms with Crippen LogP contribution in [0, 0.1) is 18.8 Å². The highest BCUT2D eigenvalue weighted by Crippen LogP contribution is 2.14. The summed E-state index contributed by atoms with van der Waals surface area (Å²) < 4.78 is 1.45. The summed E-state index contributed by atoms with van der Waals surface area (Å²) in [5.74, 6) is 5.26. The fourth-order valence-corrected chi connectivity index (χ4v) is 1.68. The van der Waals surface area contributed by atoms with Gasteiger partial charge >= 0.3 is 0 Å². The number of aliphatic hydroxyl groups is 1. The van der Waals surface area contributed by atoms with Crippen molar-refractivity contribution in [1.82, 2.24) is 15.0 Å². The Kier molecular flexibility index (Phi) is 4.47. The smallest absolute Gasteiger partial charge is 0.246 e. The molecule has 0 aliphatic carbocycles.